The first-order chi connectivity index (χ1) is 24.4. The Bertz CT molecular complexity index is 1920. The van der Waals surface area contributed by atoms with Gasteiger partial charge < -0.3 is 52.1 Å². The number of hydrogen-bond donors (Lipinski definition) is 0. The topological polar surface area (TPSA) is 187 Å². The lowest BCUT2D eigenvalue weighted by Crippen LogP contribution is -2.63. The molecule has 51 heavy (non-hydrogen) atoms. The van der Waals surface area contributed by atoms with Crippen molar-refractivity contribution in [2.24, 2.45) is 0 Å². The molecule has 3 heterocycles. The highest BCUT2D eigenvalue weighted by Gasteiger charge is 2.54. The minimum atomic E-state index is -1.60. The Morgan fingerprint density at radius 1 is 0.725 bits per heavy atom. The molecule has 0 aromatic heterocycles. The van der Waals surface area contributed by atoms with Crippen molar-refractivity contribution in [1.29, 1.82) is 0 Å². The lowest BCUT2D eigenvalue weighted by molar-refractivity contribution is -0.288. The van der Waals surface area contributed by atoms with Gasteiger partial charge in [-0.05, 0) is 35.2 Å². The Kier molecular flexibility index (Phi) is 9.78. The van der Waals surface area contributed by atoms with Gasteiger partial charge in [-0.25, -0.2) is 4.79 Å². The number of methoxy groups -OCH3 is 2. The third-order valence-corrected chi connectivity index (χ3v) is 8.26. The van der Waals surface area contributed by atoms with Crippen LogP contribution in [0.4, 0.5) is 0 Å². The van der Waals surface area contributed by atoms with Gasteiger partial charge in [-0.15, -0.1) is 0 Å². The van der Waals surface area contributed by atoms with Crippen LogP contribution in [0.25, 0.3) is 21.9 Å². The molecule has 0 N–H and O–H groups in total. The fraction of sp³-hybridized carbons (Fsp3) is 0.400. The first kappa shape index (κ1) is 35.1. The van der Waals surface area contributed by atoms with Gasteiger partial charge in [0.2, 0.25) is 19.2 Å². The van der Waals surface area contributed by atoms with Crippen LogP contribution in [0, 0.1) is 0 Å². The molecule has 0 aliphatic carbocycles. The lowest BCUT2D eigenvalue weighted by atomic mass is 9.89. The smallest absolute Gasteiger partial charge is 0.339 e. The van der Waals surface area contributed by atoms with Gasteiger partial charge in [-0.3, -0.25) is 19.2 Å². The summed E-state index contributed by atoms with van der Waals surface area (Å²) in [5.74, 6) is -2.03. The van der Waals surface area contributed by atoms with Crippen molar-refractivity contribution in [2.75, 3.05) is 27.6 Å². The molecule has 0 unspecified atom stereocenters. The van der Waals surface area contributed by atoms with Crippen LogP contribution < -0.4 is 23.7 Å². The van der Waals surface area contributed by atoms with Crippen LogP contribution >= 0.6 is 0 Å². The summed E-state index contributed by atoms with van der Waals surface area (Å²) in [6.07, 6.45) is -7.31. The summed E-state index contributed by atoms with van der Waals surface area (Å²) in [5.41, 5.74) is 1.52. The molecular formula is C35H34O16. The van der Waals surface area contributed by atoms with Crippen LogP contribution in [0.1, 0.15) is 43.6 Å². The minimum Gasteiger partial charge on any atom is -0.493 e. The molecule has 0 spiro atoms. The Hall–Kier alpha value is -5.77. The van der Waals surface area contributed by atoms with Crippen LogP contribution in [0.3, 0.4) is 0 Å². The highest BCUT2D eigenvalue weighted by Crippen LogP contribution is 2.50. The number of ether oxygens (including phenoxy) is 11. The van der Waals surface area contributed by atoms with Crippen LogP contribution in [0.15, 0.2) is 30.3 Å². The fourth-order valence-electron chi connectivity index (χ4n) is 6.29. The summed E-state index contributed by atoms with van der Waals surface area (Å²) in [6, 6.07) is 8.53. The zero-order valence-electron chi connectivity index (χ0n) is 28.4. The number of hydrogen-bond acceptors (Lipinski definition) is 16. The second kappa shape index (κ2) is 14.2. The fourth-order valence-corrected chi connectivity index (χ4v) is 6.29. The van der Waals surface area contributed by atoms with E-state index < -0.39 is 67.2 Å². The normalized spacial score (nSPS) is 21.6. The predicted molar refractivity (Wildman–Crippen MR) is 170 cm³/mol. The lowest BCUT2D eigenvalue weighted by Gasteiger charge is -2.44. The van der Waals surface area contributed by atoms with Crippen molar-refractivity contribution in [3.63, 3.8) is 0 Å². The largest absolute Gasteiger partial charge is 0.493 e. The summed E-state index contributed by atoms with van der Waals surface area (Å²) < 4.78 is 62.6. The number of benzene rings is 3. The van der Waals surface area contributed by atoms with E-state index in [4.69, 9.17) is 52.1 Å². The van der Waals surface area contributed by atoms with Gasteiger partial charge in [0.15, 0.2) is 35.2 Å². The van der Waals surface area contributed by atoms with Crippen LogP contribution in [-0.2, 0) is 54.2 Å². The maximum absolute atomic E-state index is 13.5. The molecule has 0 amide bonds. The molecule has 0 bridgehead atoms. The van der Waals surface area contributed by atoms with E-state index in [0.29, 0.717) is 50.5 Å². The Morgan fingerprint density at radius 3 is 2.00 bits per heavy atom. The quantitative estimate of drug-likeness (QED) is 0.220. The van der Waals surface area contributed by atoms with Crippen LogP contribution in [-0.4, -0.2) is 88.2 Å². The molecule has 3 aliphatic heterocycles. The molecule has 16 nitrogen and oxygen atoms in total. The van der Waals surface area contributed by atoms with E-state index in [-0.39, 0.29) is 24.7 Å². The molecular weight excluding hydrogens is 676 g/mol. The zero-order valence-corrected chi connectivity index (χ0v) is 28.4. The molecule has 270 valence electrons. The Labute approximate surface area is 290 Å². The average Bonchev–Trinajstić information content (AvgIpc) is 3.71. The highest BCUT2D eigenvalue weighted by molar-refractivity contribution is 6.14. The van der Waals surface area contributed by atoms with Crippen molar-refractivity contribution in [3.05, 3.63) is 41.5 Å². The Balaban J connectivity index is 1.57. The molecule has 0 radical (unpaired) electrons. The maximum atomic E-state index is 13.5. The standard InChI is InChI=1S/C35H34O16/c1-15(36)43-13-27-31(47-16(2)37)32(48-17(3)38)33(49-18(4)39)35(50-27)51-30-21-11-25(42-6)24(41-5)10-20(21)28(29-22(30)12-44-34(29)40)19-7-8-23-26(9-19)46-14-45-23/h7-11,27,31-33,35H,12-14H2,1-6H3/t27-,31+,32+,33-,35+/m1/s1. The minimum absolute atomic E-state index is 0.0352. The number of fused-ring (bicyclic) bond motifs is 3. The first-order valence-corrected chi connectivity index (χ1v) is 15.7. The van der Waals surface area contributed by atoms with E-state index in [2.05, 4.69) is 0 Å². The van der Waals surface area contributed by atoms with Gasteiger partial charge in [-0.1, -0.05) is 6.07 Å². The van der Waals surface area contributed by atoms with E-state index in [1.165, 1.54) is 21.1 Å². The molecule has 5 atom stereocenters. The summed E-state index contributed by atoms with van der Waals surface area (Å²) in [7, 11) is 2.91. The van der Waals surface area contributed by atoms with E-state index in [0.717, 1.165) is 20.8 Å². The number of esters is 5. The predicted octanol–water partition coefficient (Wildman–Crippen LogP) is 3.39. The van der Waals surface area contributed by atoms with Crippen LogP contribution in [0.5, 0.6) is 28.7 Å². The number of carbonyl (C=O) groups is 5. The molecule has 3 aliphatic rings. The average molecular weight is 711 g/mol. The summed E-state index contributed by atoms with van der Waals surface area (Å²) in [6.45, 7) is 3.85. The Morgan fingerprint density at radius 2 is 1.35 bits per heavy atom. The maximum Gasteiger partial charge on any atom is 0.339 e. The second-order valence-electron chi connectivity index (χ2n) is 11.6. The monoisotopic (exact) mass is 710 g/mol. The SMILES string of the molecule is COc1cc2c(O[C@@H]3O[C@H](COC(C)=O)[C@H](OC(C)=O)[C@H](OC(C)=O)[C@H]3OC(C)=O)c3c(c(-c4ccc5c(c4)OCO5)c2cc1OC)C(=O)OC3. The van der Waals surface area contributed by atoms with E-state index in [1.54, 1.807) is 30.3 Å². The zero-order chi connectivity index (χ0) is 36.6. The summed E-state index contributed by atoms with van der Waals surface area (Å²) >= 11 is 0. The van der Waals surface area contributed by atoms with Gasteiger partial charge in [-0.2, -0.15) is 0 Å². The molecule has 1 saturated heterocycles. The van der Waals surface area contributed by atoms with Crippen molar-refractivity contribution >= 4 is 40.6 Å². The second-order valence-corrected chi connectivity index (χ2v) is 11.6. The first-order valence-electron chi connectivity index (χ1n) is 15.7. The summed E-state index contributed by atoms with van der Waals surface area (Å²) in [4.78, 5) is 62.5. The number of carbonyl (C=O) groups excluding carboxylic acids is 5. The third-order valence-electron chi connectivity index (χ3n) is 8.26. The van der Waals surface area contributed by atoms with Gasteiger partial charge in [0.1, 0.15) is 25.1 Å². The molecule has 1 fully saturated rings. The van der Waals surface area contributed by atoms with Gasteiger partial charge >= 0.3 is 29.8 Å². The van der Waals surface area contributed by atoms with E-state index in [9.17, 15) is 24.0 Å². The number of rotatable bonds is 10. The van der Waals surface area contributed by atoms with Crippen molar-refractivity contribution in [3.8, 4) is 39.9 Å². The molecule has 16 heteroatoms. The number of cyclic esters (lactones) is 1. The molecule has 3 aromatic carbocycles. The molecule has 6 rings (SSSR count). The highest BCUT2D eigenvalue weighted by atomic mass is 16.7. The van der Waals surface area contributed by atoms with E-state index >= 15 is 0 Å². The van der Waals surface area contributed by atoms with Crippen molar-refractivity contribution in [1.82, 2.24) is 0 Å². The van der Waals surface area contributed by atoms with Crippen LogP contribution in [0.2, 0.25) is 0 Å². The van der Waals surface area contributed by atoms with Crippen molar-refractivity contribution in [2.45, 2.75) is 65.0 Å². The van der Waals surface area contributed by atoms with Crippen molar-refractivity contribution < 1.29 is 76.1 Å². The third kappa shape index (κ3) is 6.86. The molecule has 3 aromatic rings. The van der Waals surface area contributed by atoms with Gasteiger partial charge in [0, 0.05) is 44.2 Å². The molecule has 0 saturated carbocycles. The van der Waals surface area contributed by atoms with Gasteiger partial charge in [0.05, 0.1) is 19.8 Å². The summed E-state index contributed by atoms with van der Waals surface area (Å²) in [5, 5.41) is 0.856. The van der Waals surface area contributed by atoms with E-state index in [1.807, 2.05) is 0 Å². The van der Waals surface area contributed by atoms with Gasteiger partial charge in [0.25, 0.3) is 0 Å².